The molecule has 1 atom stereocenters. The predicted molar refractivity (Wildman–Crippen MR) is 84.4 cm³/mol. The molecule has 5 nitrogen and oxygen atoms in total. The van der Waals surface area contributed by atoms with E-state index >= 15 is 0 Å². The number of hydrogen-bond donors (Lipinski definition) is 1. The molecule has 1 saturated heterocycles. The number of methoxy groups -OCH3 is 1. The largest absolute Gasteiger partial charge is 0.468 e. The van der Waals surface area contributed by atoms with Gasteiger partial charge in [0.05, 0.1) is 18.3 Å². The number of esters is 1. The number of morpholine rings is 1. The zero-order valence-corrected chi connectivity index (χ0v) is 14.7. The van der Waals surface area contributed by atoms with Crippen LogP contribution in [0.25, 0.3) is 0 Å². The van der Waals surface area contributed by atoms with Crippen molar-refractivity contribution in [3.63, 3.8) is 0 Å². The van der Waals surface area contributed by atoms with E-state index < -0.39 is 5.54 Å². The van der Waals surface area contributed by atoms with Crippen LogP contribution in [0.3, 0.4) is 0 Å². The molecule has 1 aliphatic rings. The van der Waals surface area contributed by atoms with Gasteiger partial charge in [0.25, 0.3) is 0 Å². The number of carbonyl (C=O) groups is 1. The van der Waals surface area contributed by atoms with E-state index in [1.807, 2.05) is 6.92 Å². The molecular formula is C16H32N2O3. The molecule has 1 N–H and O–H groups in total. The molecule has 0 radical (unpaired) electrons. The molecule has 0 aromatic rings. The van der Waals surface area contributed by atoms with Gasteiger partial charge in [0.2, 0.25) is 0 Å². The molecule has 0 saturated carbocycles. The second-order valence-electron chi connectivity index (χ2n) is 7.51. The third-order valence-corrected chi connectivity index (χ3v) is 4.10. The number of nitrogens with one attached hydrogen (secondary N) is 1. The van der Waals surface area contributed by atoms with Crippen LogP contribution in [-0.4, -0.2) is 61.4 Å². The van der Waals surface area contributed by atoms with Crippen molar-refractivity contribution in [1.29, 1.82) is 0 Å². The van der Waals surface area contributed by atoms with Crippen molar-refractivity contribution in [3.05, 3.63) is 0 Å². The number of likely N-dealkylation sites (N-methyl/N-ethyl adjacent to an activating group) is 1. The predicted octanol–water partition coefficient (Wildman–Crippen LogP) is 1.81. The molecule has 0 spiro atoms. The highest BCUT2D eigenvalue weighted by Crippen LogP contribution is 2.28. The Labute approximate surface area is 129 Å². The van der Waals surface area contributed by atoms with Crippen LogP contribution in [-0.2, 0) is 14.3 Å². The van der Waals surface area contributed by atoms with Crippen LogP contribution in [0, 0.1) is 0 Å². The van der Waals surface area contributed by atoms with Crippen LogP contribution < -0.4 is 5.32 Å². The van der Waals surface area contributed by atoms with Gasteiger partial charge >= 0.3 is 5.97 Å². The molecule has 5 heteroatoms. The summed E-state index contributed by atoms with van der Waals surface area (Å²) in [5, 5.41) is 3.08. The zero-order valence-electron chi connectivity index (χ0n) is 14.7. The fourth-order valence-corrected chi connectivity index (χ4v) is 3.31. The fourth-order valence-electron chi connectivity index (χ4n) is 3.31. The van der Waals surface area contributed by atoms with Crippen LogP contribution in [0.5, 0.6) is 0 Å². The first-order valence-corrected chi connectivity index (χ1v) is 7.73. The smallest absolute Gasteiger partial charge is 0.325 e. The Morgan fingerprint density at radius 1 is 1.29 bits per heavy atom. The maximum absolute atomic E-state index is 11.8. The minimum absolute atomic E-state index is 0.129. The number of rotatable bonds is 6. The van der Waals surface area contributed by atoms with Gasteiger partial charge < -0.3 is 14.8 Å². The van der Waals surface area contributed by atoms with Crippen molar-refractivity contribution in [2.24, 2.45) is 0 Å². The molecular weight excluding hydrogens is 268 g/mol. The molecule has 1 aliphatic heterocycles. The average Bonchev–Trinajstić information content (AvgIpc) is 2.33. The van der Waals surface area contributed by atoms with Gasteiger partial charge in [-0.25, -0.2) is 0 Å². The zero-order chi connectivity index (χ0) is 16.3. The fraction of sp³-hybridized carbons (Fsp3) is 0.938. The minimum atomic E-state index is -0.605. The van der Waals surface area contributed by atoms with Gasteiger partial charge in [0, 0.05) is 13.1 Å². The number of carbonyl (C=O) groups excluding carboxylic acids is 1. The molecule has 0 aromatic carbocycles. The Balaban J connectivity index is 2.53. The topological polar surface area (TPSA) is 50.8 Å². The third kappa shape index (κ3) is 5.24. The lowest BCUT2D eigenvalue weighted by atomic mass is 9.94. The summed E-state index contributed by atoms with van der Waals surface area (Å²) in [6, 6.07) is 0. The number of hydrogen-bond acceptors (Lipinski definition) is 5. The monoisotopic (exact) mass is 300 g/mol. The van der Waals surface area contributed by atoms with E-state index in [4.69, 9.17) is 9.47 Å². The summed E-state index contributed by atoms with van der Waals surface area (Å²) in [4.78, 5) is 14.3. The van der Waals surface area contributed by atoms with Crippen molar-refractivity contribution in [2.45, 2.75) is 64.2 Å². The second-order valence-corrected chi connectivity index (χ2v) is 7.51. The van der Waals surface area contributed by atoms with Crippen molar-refractivity contribution in [2.75, 3.05) is 33.8 Å². The lowest BCUT2D eigenvalue weighted by Crippen LogP contribution is -2.57. The van der Waals surface area contributed by atoms with Gasteiger partial charge in [-0.2, -0.15) is 0 Å². The van der Waals surface area contributed by atoms with Gasteiger partial charge in [-0.1, -0.05) is 0 Å². The molecule has 0 aromatic heterocycles. The van der Waals surface area contributed by atoms with E-state index in [1.165, 1.54) is 7.11 Å². The Morgan fingerprint density at radius 2 is 1.81 bits per heavy atom. The van der Waals surface area contributed by atoms with Crippen LogP contribution in [0.4, 0.5) is 0 Å². The van der Waals surface area contributed by atoms with Gasteiger partial charge in [-0.15, -0.1) is 0 Å². The molecule has 1 fully saturated rings. The van der Waals surface area contributed by atoms with E-state index in [1.54, 1.807) is 7.05 Å². The minimum Gasteiger partial charge on any atom is -0.468 e. The molecule has 1 unspecified atom stereocenters. The standard InChI is InChI=1S/C16H32N2O3/c1-14(2)11-18(12-15(3,4)21-14)10-8-9-16(5,17-6)13(19)20-7/h17H,8-12H2,1-7H3. The summed E-state index contributed by atoms with van der Waals surface area (Å²) < 4.78 is 11.0. The molecule has 1 heterocycles. The van der Waals surface area contributed by atoms with Crippen molar-refractivity contribution in [3.8, 4) is 0 Å². The van der Waals surface area contributed by atoms with Crippen molar-refractivity contribution >= 4 is 5.97 Å². The summed E-state index contributed by atoms with van der Waals surface area (Å²) in [5.74, 6) is -0.201. The highest BCUT2D eigenvalue weighted by Gasteiger charge is 2.38. The summed E-state index contributed by atoms with van der Waals surface area (Å²) >= 11 is 0. The van der Waals surface area contributed by atoms with Crippen LogP contribution in [0.1, 0.15) is 47.5 Å². The molecule has 0 amide bonds. The molecule has 0 bridgehead atoms. The lowest BCUT2D eigenvalue weighted by Gasteiger charge is -2.47. The Kier molecular flexibility index (Phi) is 5.81. The number of ether oxygens (including phenoxy) is 2. The molecule has 1 rings (SSSR count). The quantitative estimate of drug-likeness (QED) is 0.758. The normalized spacial score (nSPS) is 24.3. The summed E-state index contributed by atoms with van der Waals surface area (Å²) in [6.45, 7) is 13.2. The first-order valence-electron chi connectivity index (χ1n) is 7.73. The van der Waals surface area contributed by atoms with Gasteiger partial charge in [0.1, 0.15) is 5.54 Å². The first-order chi connectivity index (χ1) is 9.53. The van der Waals surface area contributed by atoms with Crippen LogP contribution >= 0.6 is 0 Å². The second kappa shape index (κ2) is 6.63. The first kappa shape index (κ1) is 18.4. The van der Waals surface area contributed by atoms with E-state index in [2.05, 4.69) is 37.9 Å². The number of nitrogens with zero attached hydrogens (tertiary/aromatic N) is 1. The van der Waals surface area contributed by atoms with E-state index in [0.717, 1.165) is 32.5 Å². The molecule has 0 aliphatic carbocycles. The molecule has 21 heavy (non-hydrogen) atoms. The van der Waals surface area contributed by atoms with Crippen LogP contribution in [0.2, 0.25) is 0 Å². The van der Waals surface area contributed by atoms with E-state index in [-0.39, 0.29) is 17.2 Å². The van der Waals surface area contributed by atoms with E-state index in [0.29, 0.717) is 0 Å². The van der Waals surface area contributed by atoms with Crippen molar-refractivity contribution in [1.82, 2.24) is 10.2 Å². The maximum Gasteiger partial charge on any atom is 0.325 e. The van der Waals surface area contributed by atoms with Crippen LogP contribution in [0.15, 0.2) is 0 Å². The Hall–Kier alpha value is -0.650. The summed E-state index contributed by atoms with van der Waals surface area (Å²) in [6.07, 6.45) is 1.70. The summed E-state index contributed by atoms with van der Waals surface area (Å²) in [7, 11) is 3.24. The van der Waals surface area contributed by atoms with Gasteiger partial charge in [-0.3, -0.25) is 9.69 Å². The third-order valence-electron chi connectivity index (χ3n) is 4.10. The molecule has 124 valence electrons. The Bertz CT molecular complexity index is 353. The van der Waals surface area contributed by atoms with Crippen molar-refractivity contribution < 1.29 is 14.3 Å². The van der Waals surface area contributed by atoms with Gasteiger partial charge in [0.15, 0.2) is 0 Å². The Morgan fingerprint density at radius 3 is 2.24 bits per heavy atom. The SMILES string of the molecule is CNC(C)(CCCN1CC(C)(C)OC(C)(C)C1)C(=O)OC. The maximum atomic E-state index is 11.8. The van der Waals surface area contributed by atoms with Gasteiger partial charge in [-0.05, 0) is 61.1 Å². The lowest BCUT2D eigenvalue weighted by molar-refractivity contribution is -0.180. The average molecular weight is 300 g/mol. The highest BCUT2D eigenvalue weighted by atomic mass is 16.5. The summed E-state index contributed by atoms with van der Waals surface area (Å²) in [5.41, 5.74) is -0.862. The highest BCUT2D eigenvalue weighted by molar-refractivity contribution is 5.80. The van der Waals surface area contributed by atoms with E-state index in [9.17, 15) is 4.79 Å².